The highest BCUT2D eigenvalue weighted by molar-refractivity contribution is 7.89. The smallest absolute Gasteiger partial charge is 0.243 e. The summed E-state index contributed by atoms with van der Waals surface area (Å²) >= 11 is 0. The molecule has 1 aliphatic rings. The molecular formula is C13H18FN3O3S. The van der Waals surface area contributed by atoms with Crippen molar-refractivity contribution in [2.45, 2.75) is 17.9 Å². The lowest BCUT2D eigenvalue weighted by molar-refractivity contribution is -0.123. The van der Waals surface area contributed by atoms with Gasteiger partial charge in [-0.3, -0.25) is 9.69 Å². The Morgan fingerprint density at radius 2 is 1.71 bits per heavy atom. The number of hydrogen-bond acceptors (Lipinski definition) is 4. The Morgan fingerprint density at radius 1 is 1.19 bits per heavy atom. The Kier molecular flexibility index (Phi) is 4.60. The lowest BCUT2D eigenvalue weighted by Crippen LogP contribution is -2.54. The molecule has 0 radical (unpaired) electrons. The van der Waals surface area contributed by atoms with Crippen LogP contribution in [-0.4, -0.2) is 55.8 Å². The molecule has 0 aromatic heterocycles. The minimum Gasteiger partial charge on any atom is -0.368 e. The summed E-state index contributed by atoms with van der Waals surface area (Å²) in [7, 11) is -3.62. The number of rotatable bonds is 4. The average molecular weight is 315 g/mol. The molecule has 1 saturated heterocycles. The quantitative estimate of drug-likeness (QED) is 0.848. The van der Waals surface area contributed by atoms with Crippen molar-refractivity contribution in [2.75, 3.05) is 26.2 Å². The van der Waals surface area contributed by atoms with E-state index in [-0.39, 0.29) is 18.0 Å². The van der Waals surface area contributed by atoms with Crippen LogP contribution in [0.5, 0.6) is 0 Å². The van der Waals surface area contributed by atoms with Crippen molar-refractivity contribution in [1.82, 2.24) is 9.21 Å². The van der Waals surface area contributed by atoms with Crippen molar-refractivity contribution in [3.63, 3.8) is 0 Å². The molecule has 1 aromatic carbocycles. The molecule has 1 amide bonds. The number of piperazine rings is 1. The highest BCUT2D eigenvalue weighted by atomic mass is 32.2. The Bertz CT molecular complexity index is 610. The van der Waals surface area contributed by atoms with Gasteiger partial charge in [0.15, 0.2) is 0 Å². The highest BCUT2D eigenvalue weighted by Gasteiger charge is 2.31. The normalized spacial score (nSPS) is 19.3. The Labute approximate surface area is 123 Å². The second-order valence-corrected chi connectivity index (χ2v) is 6.91. The maximum absolute atomic E-state index is 12.9. The zero-order chi connectivity index (χ0) is 15.6. The van der Waals surface area contributed by atoms with Crippen LogP contribution in [-0.2, 0) is 14.8 Å². The standard InChI is InChI=1S/C13H18FN3O3S/c1-10(13(15)18)16-6-8-17(9-7-16)21(19,20)12-4-2-11(14)3-5-12/h2-5,10H,6-9H2,1H3,(H2,15,18)/t10-/m1/s1. The van der Waals surface area contributed by atoms with Gasteiger partial charge in [-0.15, -0.1) is 0 Å². The first-order chi connectivity index (χ1) is 9.82. The molecule has 8 heteroatoms. The van der Waals surface area contributed by atoms with Crippen molar-refractivity contribution >= 4 is 15.9 Å². The van der Waals surface area contributed by atoms with E-state index in [1.807, 2.05) is 4.90 Å². The first kappa shape index (κ1) is 15.9. The van der Waals surface area contributed by atoms with E-state index in [1.165, 1.54) is 16.4 Å². The van der Waals surface area contributed by atoms with E-state index in [0.29, 0.717) is 13.1 Å². The number of carbonyl (C=O) groups excluding carboxylic acids is 1. The number of benzene rings is 1. The summed E-state index contributed by atoms with van der Waals surface area (Å²) in [5.74, 6) is -0.904. The van der Waals surface area contributed by atoms with E-state index in [9.17, 15) is 17.6 Å². The molecule has 1 aromatic rings. The molecule has 116 valence electrons. The van der Waals surface area contributed by atoms with Gasteiger partial charge in [-0.2, -0.15) is 4.31 Å². The van der Waals surface area contributed by atoms with Crippen LogP contribution in [0, 0.1) is 5.82 Å². The molecule has 1 heterocycles. The van der Waals surface area contributed by atoms with Crippen molar-refractivity contribution < 1.29 is 17.6 Å². The van der Waals surface area contributed by atoms with E-state index in [1.54, 1.807) is 6.92 Å². The van der Waals surface area contributed by atoms with Crippen molar-refractivity contribution in [3.05, 3.63) is 30.1 Å². The second-order valence-electron chi connectivity index (χ2n) is 4.97. The van der Waals surface area contributed by atoms with Gasteiger partial charge in [0.1, 0.15) is 5.82 Å². The Morgan fingerprint density at radius 3 is 2.19 bits per heavy atom. The highest BCUT2D eigenvalue weighted by Crippen LogP contribution is 2.18. The van der Waals surface area contributed by atoms with Gasteiger partial charge in [0, 0.05) is 26.2 Å². The van der Waals surface area contributed by atoms with Crippen LogP contribution in [0.15, 0.2) is 29.2 Å². The van der Waals surface area contributed by atoms with E-state index in [0.717, 1.165) is 12.1 Å². The summed E-state index contributed by atoms with van der Waals surface area (Å²) < 4.78 is 39.0. The lowest BCUT2D eigenvalue weighted by atomic mass is 10.2. The minimum atomic E-state index is -3.62. The average Bonchev–Trinajstić information content (AvgIpc) is 2.47. The zero-order valence-electron chi connectivity index (χ0n) is 11.7. The molecule has 2 N–H and O–H groups in total. The molecule has 0 bridgehead atoms. The summed E-state index contributed by atoms with van der Waals surface area (Å²) in [6.07, 6.45) is 0. The van der Waals surface area contributed by atoms with Crippen LogP contribution in [0.4, 0.5) is 4.39 Å². The van der Waals surface area contributed by atoms with Crippen molar-refractivity contribution in [2.24, 2.45) is 5.73 Å². The van der Waals surface area contributed by atoms with Crippen LogP contribution < -0.4 is 5.73 Å². The molecule has 1 atom stereocenters. The number of nitrogens with two attached hydrogens (primary N) is 1. The van der Waals surface area contributed by atoms with E-state index in [2.05, 4.69) is 0 Å². The molecule has 0 aliphatic carbocycles. The summed E-state index contributed by atoms with van der Waals surface area (Å²) in [6.45, 7) is 3.12. The third kappa shape index (κ3) is 3.39. The molecule has 21 heavy (non-hydrogen) atoms. The molecule has 6 nitrogen and oxygen atoms in total. The van der Waals surface area contributed by atoms with E-state index < -0.39 is 27.8 Å². The van der Waals surface area contributed by atoms with Gasteiger partial charge >= 0.3 is 0 Å². The number of sulfonamides is 1. The Balaban J connectivity index is 2.07. The fourth-order valence-electron chi connectivity index (χ4n) is 2.27. The van der Waals surface area contributed by atoms with E-state index in [4.69, 9.17) is 5.73 Å². The SMILES string of the molecule is C[C@H](C(N)=O)N1CCN(S(=O)(=O)c2ccc(F)cc2)CC1. The minimum absolute atomic E-state index is 0.0697. The second kappa shape index (κ2) is 6.08. The first-order valence-electron chi connectivity index (χ1n) is 6.61. The predicted octanol–water partition coefficient (Wildman–Crippen LogP) is 0.00580. The van der Waals surface area contributed by atoms with Crippen molar-refractivity contribution in [1.29, 1.82) is 0 Å². The Hall–Kier alpha value is -1.51. The molecule has 1 aliphatic heterocycles. The number of amides is 1. The lowest BCUT2D eigenvalue weighted by Gasteiger charge is -2.36. The molecule has 0 unspecified atom stereocenters. The number of nitrogens with zero attached hydrogens (tertiary/aromatic N) is 2. The summed E-state index contributed by atoms with van der Waals surface area (Å²) in [5.41, 5.74) is 5.24. The fraction of sp³-hybridized carbons (Fsp3) is 0.462. The number of hydrogen-bond donors (Lipinski definition) is 1. The van der Waals surface area contributed by atoms with Crippen LogP contribution in [0.3, 0.4) is 0 Å². The van der Waals surface area contributed by atoms with Gasteiger partial charge < -0.3 is 5.73 Å². The molecule has 0 spiro atoms. The molecule has 0 saturated carbocycles. The maximum atomic E-state index is 12.9. The summed E-state index contributed by atoms with van der Waals surface area (Å²) in [5, 5.41) is 0. The third-order valence-corrected chi connectivity index (χ3v) is 5.60. The van der Waals surface area contributed by atoms with Crippen LogP contribution in [0.1, 0.15) is 6.92 Å². The monoisotopic (exact) mass is 315 g/mol. The summed E-state index contributed by atoms with van der Waals surface area (Å²) in [6, 6.07) is 4.34. The molecule has 1 fully saturated rings. The third-order valence-electron chi connectivity index (χ3n) is 3.68. The fourth-order valence-corrected chi connectivity index (χ4v) is 3.69. The van der Waals surface area contributed by atoms with Crippen molar-refractivity contribution in [3.8, 4) is 0 Å². The first-order valence-corrected chi connectivity index (χ1v) is 8.05. The van der Waals surface area contributed by atoms with Crippen LogP contribution in [0.2, 0.25) is 0 Å². The number of halogens is 1. The molecular weight excluding hydrogens is 297 g/mol. The number of primary amides is 1. The van der Waals surface area contributed by atoms with Gasteiger partial charge in [0.05, 0.1) is 10.9 Å². The van der Waals surface area contributed by atoms with Crippen LogP contribution in [0.25, 0.3) is 0 Å². The topological polar surface area (TPSA) is 83.7 Å². The van der Waals surface area contributed by atoms with Crippen LogP contribution >= 0.6 is 0 Å². The zero-order valence-corrected chi connectivity index (χ0v) is 12.5. The largest absolute Gasteiger partial charge is 0.368 e. The van der Waals surface area contributed by atoms with E-state index >= 15 is 0 Å². The van der Waals surface area contributed by atoms with Gasteiger partial charge in [-0.05, 0) is 31.2 Å². The van der Waals surface area contributed by atoms with Gasteiger partial charge in [0.2, 0.25) is 15.9 Å². The maximum Gasteiger partial charge on any atom is 0.243 e. The van der Waals surface area contributed by atoms with Gasteiger partial charge in [-0.25, -0.2) is 12.8 Å². The summed E-state index contributed by atoms with van der Waals surface area (Å²) in [4.78, 5) is 13.1. The number of carbonyl (C=O) groups is 1. The van der Waals surface area contributed by atoms with Gasteiger partial charge in [-0.1, -0.05) is 0 Å². The predicted molar refractivity (Wildman–Crippen MR) is 75.4 cm³/mol. The molecule has 2 rings (SSSR count). The van der Waals surface area contributed by atoms with Gasteiger partial charge in [0.25, 0.3) is 0 Å².